The highest BCUT2D eigenvalue weighted by Crippen LogP contribution is 2.60. The lowest BCUT2D eigenvalue weighted by Crippen LogP contribution is -2.57. The summed E-state index contributed by atoms with van der Waals surface area (Å²) in [7, 11) is 1.68. The molecule has 1 spiro atoms. The van der Waals surface area contributed by atoms with Crippen LogP contribution in [0, 0.1) is 11.8 Å². The van der Waals surface area contributed by atoms with Gasteiger partial charge in [-0.25, -0.2) is 0 Å². The fourth-order valence-electron chi connectivity index (χ4n) is 8.35. The van der Waals surface area contributed by atoms with Crippen molar-refractivity contribution in [2.75, 3.05) is 25.1 Å². The number of likely N-dealkylation sites (tertiary alicyclic amines) is 1. The lowest BCUT2D eigenvalue weighted by atomic mass is 9.70. The summed E-state index contributed by atoms with van der Waals surface area (Å²) in [4.78, 5) is 62.2. The van der Waals surface area contributed by atoms with E-state index >= 15 is 4.79 Å². The number of esters is 1. The van der Waals surface area contributed by atoms with Crippen molar-refractivity contribution >= 4 is 41.0 Å². The number of amides is 3. The Morgan fingerprint density at radius 3 is 2.26 bits per heavy atom. The SMILES string of the molecule is C=CCCC(=O)N(C)[C@H](C)[C@H](OC(=O)[C@@H]1[C@H]2C(=O)N([C@H](CO)c3ccccc3)[C@H](C(=O)N(CC=C)c3ccc(Cl)cc3)[C@]23CC[C@H]1O3)c1ccccc1. The van der Waals surface area contributed by atoms with E-state index in [2.05, 4.69) is 13.2 Å². The molecule has 6 rings (SSSR count). The summed E-state index contributed by atoms with van der Waals surface area (Å²) in [5.41, 5.74) is 0.495. The van der Waals surface area contributed by atoms with Gasteiger partial charge >= 0.3 is 5.97 Å². The number of fused-ring (bicyclic) bond motifs is 1. The first kappa shape index (κ1) is 38.0. The Kier molecular flexibility index (Phi) is 11.5. The van der Waals surface area contributed by atoms with Gasteiger partial charge in [0.05, 0.1) is 36.6 Å². The predicted octanol–water partition coefficient (Wildman–Crippen LogP) is 6.06. The van der Waals surface area contributed by atoms with E-state index in [0.29, 0.717) is 41.1 Å². The summed E-state index contributed by atoms with van der Waals surface area (Å²) in [6.45, 7) is 9.07. The van der Waals surface area contributed by atoms with Crippen LogP contribution in [-0.2, 0) is 28.7 Å². The summed E-state index contributed by atoms with van der Waals surface area (Å²) in [6, 6.07) is 22.4. The number of hydrogen-bond acceptors (Lipinski definition) is 7. The molecule has 3 aliphatic rings. The van der Waals surface area contributed by atoms with Crippen LogP contribution in [0.4, 0.5) is 5.69 Å². The van der Waals surface area contributed by atoms with Crippen LogP contribution >= 0.6 is 11.6 Å². The molecule has 0 radical (unpaired) electrons. The van der Waals surface area contributed by atoms with Crippen LogP contribution in [0.5, 0.6) is 0 Å². The van der Waals surface area contributed by atoms with E-state index in [0.717, 1.165) is 0 Å². The minimum Gasteiger partial charge on any atom is -0.455 e. The van der Waals surface area contributed by atoms with Gasteiger partial charge in [-0.1, -0.05) is 84.4 Å². The third-order valence-corrected chi connectivity index (χ3v) is 11.3. The van der Waals surface area contributed by atoms with Gasteiger partial charge in [-0.3, -0.25) is 19.2 Å². The topological polar surface area (TPSA) is 117 Å². The van der Waals surface area contributed by atoms with Crippen LogP contribution in [0.25, 0.3) is 0 Å². The highest BCUT2D eigenvalue weighted by atomic mass is 35.5. The van der Waals surface area contributed by atoms with Gasteiger partial charge in [0.15, 0.2) is 0 Å². The number of benzene rings is 3. The molecule has 0 aliphatic carbocycles. The van der Waals surface area contributed by atoms with Crippen molar-refractivity contribution in [2.24, 2.45) is 11.8 Å². The maximum Gasteiger partial charge on any atom is 0.313 e. The van der Waals surface area contributed by atoms with Crippen molar-refractivity contribution in [1.82, 2.24) is 9.80 Å². The summed E-state index contributed by atoms with van der Waals surface area (Å²) in [6.07, 6.45) is 3.28. The van der Waals surface area contributed by atoms with Gasteiger partial charge in [-0.15, -0.1) is 13.2 Å². The highest BCUT2D eigenvalue weighted by molar-refractivity contribution is 6.30. The number of rotatable bonds is 15. The minimum absolute atomic E-state index is 0.124. The van der Waals surface area contributed by atoms with Crippen LogP contribution in [0.15, 0.2) is 110 Å². The Bertz CT molecular complexity index is 1820. The van der Waals surface area contributed by atoms with Crippen LogP contribution in [0.3, 0.4) is 0 Å². The Morgan fingerprint density at radius 2 is 1.66 bits per heavy atom. The van der Waals surface area contributed by atoms with Gasteiger partial charge in [0.1, 0.15) is 17.7 Å². The number of halogens is 1. The van der Waals surface area contributed by atoms with Crippen molar-refractivity contribution in [1.29, 1.82) is 0 Å². The lowest BCUT2D eigenvalue weighted by Gasteiger charge is -2.39. The second-order valence-electron chi connectivity index (χ2n) is 14.0. The molecule has 0 unspecified atom stereocenters. The van der Waals surface area contributed by atoms with Crippen LogP contribution < -0.4 is 4.90 Å². The number of allylic oxidation sites excluding steroid dienone is 1. The van der Waals surface area contributed by atoms with E-state index in [1.807, 2.05) is 43.3 Å². The maximum absolute atomic E-state index is 15.0. The van der Waals surface area contributed by atoms with Crippen molar-refractivity contribution in [3.05, 3.63) is 126 Å². The Balaban J connectivity index is 1.40. The van der Waals surface area contributed by atoms with Gasteiger partial charge < -0.3 is 29.3 Å². The second-order valence-corrected chi connectivity index (χ2v) is 14.4. The van der Waals surface area contributed by atoms with Crippen LogP contribution in [0.1, 0.15) is 55.9 Å². The van der Waals surface area contributed by atoms with Crippen LogP contribution in [-0.4, -0.2) is 82.6 Å². The van der Waals surface area contributed by atoms with Crippen molar-refractivity contribution < 1.29 is 33.8 Å². The number of aliphatic hydroxyl groups excluding tert-OH is 1. The molecule has 3 fully saturated rings. The molecule has 8 atom stereocenters. The molecular weight excluding hydrogens is 694 g/mol. The van der Waals surface area contributed by atoms with Crippen LogP contribution in [0.2, 0.25) is 5.02 Å². The number of likely N-dealkylation sites (N-methyl/N-ethyl adjacent to an activating group) is 1. The van der Waals surface area contributed by atoms with Gasteiger partial charge in [-0.05, 0) is 61.6 Å². The Morgan fingerprint density at radius 1 is 1.02 bits per heavy atom. The van der Waals surface area contributed by atoms with E-state index in [1.165, 1.54) is 9.80 Å². The number of hydrogen-bond donors (Lipinski definition) is 1. The highest BCUT2D eigenvalue weighted by Gasteiger charge is 2.76. The average Bonchev–Trinajstić information content (AvgIpc) is 3.83. The molecule has 3 aromatic carbocycles. The molecule has 3 heterocycles. The molecule has 0 aromatic heterocycles. The standard InChI is InChI=1S/C42H46ClN3O7/c1-5-7-18-34(48)44(4)27(3)37(29-16-12-9-13-17-29)52-41(51)35-33-23-24-42(53-33)36(35)39(49)46(32(26-47)28-14-10-8-11-15-28)38(42)40(50)45(25-6-2)31-21-19-30(43)20-22-31/h5-6,8-17,19-22,27,32-33,35-38,47H,1-2,7,18,23-26H2,3-4H3/t27-,32-,33-,35+,36+,37+,38-,42+/m1/s1. The fourth-order valence-corrected chi connectivity index (χ4v) is 8.47. The summed E-state index contributed by atoms with van der Waals surface area (Å²) in [5.74, 6) is -3.75. The van der Waals surface area contributed by atoms with Gasteiger partial charge in [0.25, 0.3) is 5.91 Å². The van der Waals surface area contributed by atoms with Crippen molar-refractivity contribution in [3.8, 4) is 0 Å². The molecule has 10 nitrogen and oxygen atoms in total. The van der Waals surface area contributed by atoms with E-state index in [-0.39, 0.29) is 18.9 Å². The van der Waals surface area contributed by atoms with E-state index in [4.69, 9.17) is 21.1 Å². The molecule has 3 aliphatic heterocycles. The summed E-state index contributed by atoms with van der Waals surface area (Å²) in [5, 5.41) is 11.4. The molecule has 0 saturated carbocycles. The van der Waals surface area contributed by atoms with Gasteiger partial charge in [0, 0.05) is 30.7 Å². The summed E-state index contributed by atoms with van der Waals surface area (Å²) < 4.78 is 13.1. The smallest absolute Gasteiger partial charge is 0.313 e. The lowest BCUT2D eigenvalue weighted by molar-refractivity contribution is -0.165. The number of aliphatic hydroxyl groups is 1. The average molecular weight is 740 g/mol. The molecule has 11 heteroatoms. The number of carbonyl (C=O) groups excluding carboxylic acids is 4. The molecular formula is C42H46ClN3O7. The maximum atomic E-state index is 15.0. The van der Waals surface area contributed by atoms with Crippen molar-refractivity contribution in [2.45, 2.75) is 68.5 Å². The largest absolute Gasteiger partial charge is 0.455 e. The third-order valence-electron chi connectivity index (χ3n) is 11.0. The first-order chi connectivity index (χ1) is 25.6. The quantitative estimate of drug-likeness (QED) is 0.149. The predicted molar refractivity (Wildman–Crippen MR) is 202 cm³/mol. The monoisotopic (exact) mass is 739 g/mol. The first-order valence-corrected chi connectivity index (χ1v) is 18.4. The number of anilines is 1. The number of ether oxygens (including phenoxy) is 2. The zero-order chi connectivity index (χ0) is 37.9. The van der Waals surface area contributed by atoms with E-state index in [1.54, 1.807) is 72.6 Å². The van der Waals surface area contributed by atoms with E-state index in [9.17, 15) is 19.5 Å². The summed E-state index contributed by atoms with van der Waals surface area (Å²) >= 11 is 6.20. The van der Waals surface area contributed by atoms with Gasteiger partial charge in [-0.2, -0.15) is 0 Å². The molecule has 53 heavy (non-hydrogen) atoms. The zero-order valence-electron chi connectivity index (χ0n) is 30.1. The number of carbonyl (C=O) groups is 4. The van der Waals surface area contributed by atoms with Crippen molar-refractivity contribution in [3.63, 3.8) is 0 Å². The normalized spacial score (nSPS) is 24.5. The Hall–Kier alpha value is -4.77. The first-order valence-electron chi connectivity index (χ1n) is 18.0. The molecule has 1 N–H and O–H groups in total. The molecule has 278 valence electrons. The minimum atomic E-state index is -1.37. The molecule has 3 amide bonds. The molecule has 3 saturated heterocycles. The van der Waals surface area contributed by atoms with Gasteiger partial charge in [0.2, 0.25) is 11.8 Å². The number of nitrogens with zero attached hydrogens (tertiary/aromatic N) is 3. The third kappa shape index (κ3) is 7.03. The fraction of sp³-hybridized carbons (Fsp3) is 0.381. The molecule has 3 aromatic rings. The van der Waals surface area contributed by atoms with E-state index < -0.39 is 72.2 Å². The Labute approximate surface area is 315 Å². The molecule has 2 bridgehead atoms. The zero-order valence-corrected chi connectivity index (χ0v) is 30.8. The second kappa shape index (κ2) is 16.1.